The van der Waals surface area contributed by atoms with Crippen LogP contribution < -0.4 is 5.32 Å². The summed E-state index contributed by atoms with van der Waals surface area (Å²) in [6, 6.07) is 0.684. The van der Waals surface area contributed by atoms with Crippen LogP contribution in [0, 0.1) is 5.92 Å². The summed E-state index contributed by atoms with van der Waals surface area (Å²) < 4.78 is 0. The Morgan fingerprint density at radius 2 is 1.63 bits per heavy atom. The number of hydrogen-bond acceptors (Lipinski definition) is 2. The van der Waals surface area contributed by atoms with Gasteiger partial charge in [-0.1, -0.05) is 39.5 Å². The van der Waals surface area contributed by atoms with Gasteiger partial charge in [0.1, 0.15) is 0 Å². The normalized spacial score (nSPS) is 24.2. The Balaban J connectivity index is 2.08. The highest BCUT2D eigenvalue weighted by Gasteiger charge is 2.42. The molecule has 1 saturated carbocycles. The second kappa shape index (κ2) is 7.08. The predicted octanol–water partition coefficient (Wildman–Crippen LogP) is 3.81. The van der Waals surface area contributed by atoms with E-state index < -0.39 is 0 Å². The molecule has 0 amide bonds. The summed E-state index contributed by atoms with van der Waals surface area (Å²) in [6.07, 6.45) is 12.7. The lowest BCUT2D eigenvalue weighted by Gasteiger charge is -2.47. The van der Waals surface area contributed by atoms with Crippen LogP contribution in [0.25, 0.3) is 0 Å². The van der Waals surface area contributed by atoms with E-state index in [1.54, 1.807) is 0 Å². The molecule has 2 heteroatoms. The van der Waals surface area contributed by atoms with Crippen molar-refractivity contribution in [2.24, 2.45) is 5.92 Å². The zero-order valence-corrected chi connectivity index (χ0v) is 13.4. The minimum Gasteiger partial charge on any atom is -0.315 e. The van der Waals surface area contributed by atoms with Gasteiger partial charge in [0.25, 0.3) is 0 Å². The molecule has 1 saturated heterocycles. The third-order valence-corrected chi connectivity index (χ3v) is 6.00. The first-order valence-corrected chi connectivity index (χ1v) is 8.69. The summed E-state index contributed by atoms with van der Waals surface area (Å²) >= 11 is 0. The Morgan fingerprint density at radius 1 is 1.05 bits per heavy atom. The maximum atomic E-state index is 3.71. The molecule has 1 N–H and O–H groups in total. The molecule has 1 atom stereocenters. The highest BCUT2D eigenvalue weighted by Crippen LogP contribution is 2.37. The van der Waals surface area contributed by atoms with Crippen molar-refractivity contribution < 1.29 is 0 Å². The Morgan fingerprint density at radius 3 is 2.11 bits per heavy atom. The molecule has 0 radical (unpaired) electrons. The first-order valence-electron chi connectivity index (χ1n) is 8.69. The lowest BCUT2D eigenvalue weighted by molar-refractivity contribution is 0.0551. The summed E-state index contributed by atoms with van der Waals surface area (Å²) in [7, 11) is 2.19. The molecule has 0 aromatic rings. The molecule has 112 valence electrons. The largest absolute Gasteiger partial charge is 0.315 e. The Labute approximate surface area is 120 Å². The van der Waals surface area contributed by atoms with E-state index in [0.717, 1.165) is 5.92 Å². The zero-order valence-electron chi connectivity index (χ0n) is 13.4. The van der Waals surface area contributed by atoms with Crippen LogP contribution in [0.1, 0.15) is 71.6 Å². The molecule has 1 aliphatic heterocycles. The lowest BCUT2D eigenvalue weighted by Crippen LogP contribution is -2.59. The molecule has 0 bridgehead atoms. The van der Waals surface area contributed by atoms with E-state index in [1.807, 2.05) is 0 Å². The van der Waals surface area contributed by atoms with Gasteiger partial charge >= 0.3 is 0 Å². The van der Waals surface area contributed by atoms with Crippen LogP contribution in [0.5, 0.6) is 0 Å². The van der Waals surface area contributed by atoms with Gasteiger partial charge in [0, 0.05) is 11.6 Å². The van der Waals surface area contributed by atoms with Crippen molar-refractivity contribution in [3.63, 3.8) is 0 Å². The van der Waals surface area contributed by atoms with E-state index in [2.05, 4.69) is 31.1 Å². The van der Waals surface area contributed by atoms with Crippen LogP contribution in [0.2, 0.25) is 0 Å². The molecular formula is C17H34N2. The van der Waals surface area contributed by atoms with Gasteiger partial charge in [0.15, 0.2) is 0 Å². The predicted molar refractivity (Wildman–Crippen MR) is 83.5 cm³/mol. The van der Waals surface area contributed by atoms with Crippen LogP contribution in [0.3, 0.4) is 0 Å². The number of rotatable bonds is 7. The highest BCUT2D eigenvalue weighted by atomic mass is 15.2. The van der Waals surface area contributed by atoms with Crippen molar-refractivity contribution in [1.82, 2.24) is 10.2 Å². The quantitative estimate of drug-likeness (QED) is 0.754. The summed E-state index contributed by atoms with van der Waals surface area (Å²) in [5, 5.41) is 3.71. The number of hydrogen-bond donors (Lipinski definition) is 1. The van der Waals surface area contributed by atoms with Crippen molar-refractivity contribution in [2.45, 2.75) is 83.2 Å². The van der Waals surface area contributed by atoms with Gasteiger partial charge in [-0.25, -0.2) is 0 Å². The van der Waals surface area contributed by atoms with Gasteiger partial charge in [-0.2, -0.15) is 0 Å². The monoisotopic (exact) mass is 266 g/mol. The smallest absolute Gasteiger partial charge is 0.0357 e. The van der Waals surface area contributed by atoms with Gasteiger partial charge in [0.2, 0.25) is 0 Å². The van der Waals surface area contributed by atoms with Gasteiger partial charge in [0.05, 0.1) is 0 Å². The lowest BCUT2D eigenvalue weighted by atomic mass is 9.78. The van der Waals surface area contributed by atoms with E-state index in [4.69, 9.17) is 0 Å². The Kier molecular flexibility index (Phi) is 5.70. The summed E-state index contributed by atoms with van der Waals surface area (Å²) in [5.41, 5.74) is 0.411. The van der Waals surface area contributed by atoms with Gasteiger partial charge in [-0.3, -0.25) is 4.90 Å². The molecule has 1 heterocycles. The van der Waals surface area contributed by atoms with Crippen LogP contribution in [-0.4, -0.2) is 36.6 Å². The molecule has 2 aliphatic rings. The third kappa shape index (κ3) is 3.16. The van der Waals surface area contributed by atoms with E-state index in [1.165, 1.54) is 70.9 Å². The maximum Gasteiger partial charge on any atom is 0.0357 e. The molecule has 2 fully saturated rings. The fourth-order valence-electron chi connectivity index (χ4n) is 4.76. The molecule has 2 rings (SSSR count). The average Bonchev–Trinajstić information content (AvgIpc) is 3.12. The topological polar surface area (TPSA) is 15.3 Å². The SMILES string of the molecule is CCC(CC)(C(CC1CCCC1)NC)N1CCCC1. The minimum absolute atomic E-state index is 0.411. The molecule has 0 aromatic heterocycles. The third-order valence-electron chi connectivity index (χ3n) is 6.00. The molecule has 2 nitrogen and oxygen atoms in total. The van der Waals surface area contributed by atoms with Crippen LogP contribution in [-0.2, 0) is 0 Å². The highest BCUT2D eigenvalue weighted by molar-refractivity contribution is 5.00. The molecule has 19 heavy (non-hydrogen) atoms. The molecule has 0 aromatic carbocycles. The molecule has 1 unspecified atom stereocenters. The Hall–Kier alpha value is -0.0800. The van der Waals surface area contributed by atoms with Crippen LogP contribution in [0.4, 0.5) is 0 Å². The van der Waals surface area contributed by atoms with Gasteiger partial charge in [-0.15, -0.1) is 0 Å². The average molecular weight is 266 g/mol. The van der Waals surface area contributed by atoms with E-state index in [-0.39, 0.29) is 0 Å². The minimum atomic E-state index is 0.411. The van der Waals surface area contributed by atoms with Crippen molar-refractivity contribution in [3.8, 4) is 0 Å². The number of likely N-dealkylation sites (N-methyl/N-ethyl adjacent to an activating group) is 1. The second-order valence-electron chi connectivity index (χ2n) is 6.73. The number of nitrogens with one attached hydrogen (secondary N) is 1. The Bertz CT molecular complexity index is 248. The van der Waals surface area contributed by atoms with Crippen LogP contribution >= 0.6 is 0 Å². The zero-order chi connectivity index (χ0) is 13.7. The summed E-state index contributed by atoms with van der Waals surface area (Å²) in [5.74, 6) is 0.984. The maximum absolute atomic E-state index is 3.71. The first kappa shape index (κ1) is 15.3. The molecule has 0 spiro atoms. The van der Waals surface area contributed by atoms with E-state index >= 15 is 0 Å². The van der Waals surface area contributed by atoms with Crippen molar-refractivity contribution in [3.05, 3.63) is 0 Å². The molecule has 1 aliphatic carbocycles. The van der Waals surface area contributed by atoms with E-state index in [9.17, 15) is 0 Å². The second-order valence-corrected chi connectivity index (χ2v) is 6.73. The standard InChI is InChI=1S/C17H34N2/c1-4-17(5-2,19-12-8-9-13-19)16(18-3)14-15-10-6-7-11-15/h15-16,18H,4-14H2,1-3H3. The number of likely N-dealkylation sites (tertiary alicyclic amines) is 1. The first-order chi connectivity index (χ1) is 9.26. The van der Waals surface area contributed by atoms with Crippen molar-refractivity contribution in [2.75, 3.05) is 20.1 Å². The summed E-state index contributed by atoms with van der Waals surface area (Å²) in [6.45, 7) is 7.46. The van der Waals surface area contributed by atoms with Crippen molar-refractivity contribution in [1.29, 1.82) is 0 Å². The molecular weight excluding hydrogens is 232 g/mol. The van der Waals surface area contributed by atoms with Crippen LogP contribution in [0.15, 0.2) is 0 Å². The van der Waals surface area contributed by atoms with Gasteiger partial charge in [-0.05, 0) is 58.2 Å². The number of nitrogens with zero attached hydrogens (tertiary/aromatic N) is 1. The fraction of sp³-hybridized carbons (Fsp3) is 1.00. The fourth-order valence-corrected chi connectivity index (χ4v) is 4.76. The van der Waals surface area contributed by atoms with Crippen molar-refractivity contribution >= 4 is 0 Å². The van der Waals surface area contributed by atoms with Gasteiger partial charge < -0.3 is 5.32 Å². The van der Waals surface area contributed by atoms with E-state index in [0.29, 0.717) is 11.6 Å². The summed E-state index contributed by atoms with van der Waals surface area (Å²) in [4.78, 5) is 2.81.